The third kappa shape index (κ3) is 5.23. The molecule has 2 heteroatoms. The van der Waals surface area contributed by atoms with E-state index in [4.69, 9.17) is 4.74 Å². The first-order valence-electron chi connectivity index (χ1n) is 7.70. The number of benzene rings is 1. The molecule has 106 valence electrons. The van der Waals surface area contributed by atoms with Gasteiger partial charge in [0.05, 0.1) is 6.10 Å². The largest absolute Gasteiger partial charge is 0.491 e. The SMILES string of the molecule is CC(C)Oc1ccc(CNCC2CCCCC2)cc1. The van der Waals surface area contributed by atoms with Crippen molar-refractivity contribution in [3.8, 4) is 5.75 Å². The summed E-state index contributed by atoms with van der Waals surface area (Å²) in [6, 6.07) is 8.45. The summed E-state index contributed by atoms with van der Waals surface area (Å²) in [4.78, 5) is 0. The minimum absolute atomic E-state index is 0.246. The Kier molecular flexibility index (Phi) is 5.71. The molecule has 0 heterocycles. The van der Waals surface area contributed by atoms with Crippen LogP contribution in [0.1, 0.15) is 51.5 Å². The standard InChI is InChI=1S/C17H27NO/c1-14(2)19-17-10-8-16(9-11-17)13-18-12-15-6-4-3-5-7-15/h8-11,14-15,18H,3-7,12-13H2,1-2H3. The first-order valence-corrected chi connectivity index (χ1v) is 7.70. The summed E-state index contributed by atoms with van der Waals surface area (Å²) in [6.45, 7) is 6.25. The van der Waals surface area contributed by atoms with Crippen LogP contribution in [0.3, 0.4) is 0 Å². The van der Waals surface area contributed by atoms with Gasteiger partial charge in [0.25, 0.3) is 0 Å². The molecule has 1 N–H and O–H groups in total. The van der Waals surface area contributed by atoms with Crippen molar-refractivity contribution >= 4 is 0 Å². The normalized spacial score (nSPS) is 16.8. The van der Waals surface area contributed by atoms with Crippen LogP contribution in [0.4, 0.5) is 0 Å². The Morgan fingerprint density at radius 3 is 2.42 bits per heavy atom. The molecule has 1 fully saturated rings. The molecule has 0 unspecified atom stereocenters. The first-order chi connectivity index (χ1) is 9.24. The van der Waals surface area contributed by atoms with E-state index in [-0.39, 0.29) is 6.10 Å². The highest BCUT2D eigenvalue weighted by Gasteiger charge is 2.12. The fourth-order valence-corrected chi connectivity index (χ4v) is 2.77. The Labute approximate surface area is 117 Å². The molecule has 0 atom stereocenters. The zero-order valence-corrected chi connectivity index (χ0v) is 12.3. The Hall–Kier alpha value is -1.02. The predicted octanol–water partition coefficient (Wildman–Crippen LogP) is 4.14. The lowest BCUT2D eigenvalue weighted by Gasteiger charge is -2.21. The van der Waals surface area contributed by atoms with Crippen LogP contribution >= 0.6 is 0 Å². The number of rotatable bonds is 6. The molecule has 0 aliphatic heterocycles. The van der Waals surface area contributed by atoms with Crippen molar-refractivity contribution in [1.82, 2.24) is 5.32 Å². The molecule has 1 aromatic carbocycles. The Bertz CT molecular complexity index is 352. The average Bonchev–Trinajstić information content (AvgIpc) is 2.41. The molecule has 1 aromatic rings. The van der Waals surface area contributed by atoms with Gasteiger partial charge in [0, 0.05) is 6.54 Å². The number of hydrogen-bond donors (Lipinski definition) is 1. The average molecular weight is 261 g/mol. The van der Waals surface area contributed by atoms with Crippen molar-refractivity contribution in [3.05, 3.63) is 29.8 Å². The summed E-state index contributed by atoms with van der Waals surface area (Å²) in [7, 11) is 0. The summed E-state index contributed by atoms with van der Waals surface area (Å²) in [5.74, 6) is 1.86. The van der Waals surface area contributed by atoms with Crippen molar-refractivity contribution in [2.75, 3.05) is 6.54 Å². The molecule has 0 saturated heterocycles. The van der Waals surface area contributed by atoms with Crippen LogP contribution in [0.25, 0.3) is 0 Å². The second kappa shape index (κ2) is 7.54. The van der Waals surface area contributed by atoms with Gasteiger partial charge in [0.15, 0.2) is 0 Å². The molecule has 0 amide bonds. The Morgan fingerprint density at radius 1 is 1.11 bits per heavy atom. The molecule has 0 spiro atoms. The molecule has 0 bridgehead atoms. The van der Waals surface area contributed by atoms with E-state index in [9.17, 15) is 0 Å². The van der Waals surface area contributed by atoms with Crippen LogP contribution in [0.2, 0.25) is 0 Å². The fraction of sp³-hybridized carbons (Fsp3) is 0.647. The second-order valence-corrected chi connectivity index (χ2v) is 5.95. The lowest BCUT2D eigenvalue weighted by atomic mass is 9.89. The van der Waals surface area contributed by atoms with Crippen molar-refractivity contribution in [2.45, 2.75) is 58.6 Å². The van der Waals surface area contributed by atoms with Gasteiger partial charge in [0.2, 0.25) is 0 Å². The summed E-state index contributed by atoms with van der Waals surface area (Å²) in [5, 5.41) is 3.59. The highest BCUT2D eigenvalue weighted by Crippen LogP contribution is 2.22. The maximum atomic E-state index is 5.65. The van der Waals surface area contributed by atoms with Gasteiger partial charge in [-0.3, -0.25) is 0 Å². The first kappa shape index (κ1) is 14.4. The molecule has 2 nitrogen and oxygen atoms in total. The lowest BCUT2D eigenvalue weighted by molar-refractivity contribution is 0.242. The molecular weight excluding hydrogens is 234 g/mol. The number of nitrogens with one attached hydrogen (secondary N) is 1. The molecule has 0 aromatic heterocycles. The summed E-state index contributed by atoms with van der Waals surface area (Å²) < 4.78 is 5.65. The van der Waals surface area contributed by atoms with E-state index >= 15 is 0 Å². The van der Waals surface area contributed by atoms with Gasteiger partial charge in [-0.15, -0.1) is 0 Å². The van der Waals surface area contributed by atoms with Gasteiger partial charge in [-0.25, -0.2) is 0 Å². The monoisotopic (exact) mass is 261 g/mol. The highest BCUT2D eigenvalue weighted by molar-refractivity contribution is 5.27. The van der Waals surface area contributed by atoms with Crippen LogP contribution in [0, 0.1) is 5.92 Å². The maximum Gasteiger partial charge on any atom is 0.119 e. The number of ether oxygens (including phenoxy) is 1. The predicted molar refractivity (Wildman–Crippen MR) is 80.5 cm³/mol. The van der Waals surface area contributed by atoms with Crippen molar-refractivity contribution in [2.24, 2.45) is 5.92 Å². The molecule has 1 aliphatic carbocycles. The summed E-state index contributed by atoms with van der Waals surface area (Å²) in [6.07, 6.45) is 7.35. The van der Waals surface area contributed by atoms with E-state index in [2.05, 4.69) is 43.4 Å². The van der Waals surface area contributed by atoms with Crippen molar-refractivity contribution < 1.29 is 4.74 Å². The smallest absolute Gasteiger partial charge is 0.119 e. The molecular formula is C17H27NO. The minimum atomic E-state index is 0.246. The minimum Gasteiger partial charge on any atom is -0.491 e. The molecule has 1 saturated carbocycles. The van der Waals surface area contributed by atoms with E-state index in [1.54, 1.807) is 0 Å². The Morgan fingerprint density at radius 2 is 1.79 bits per heavy atom. The Balaban J connectivity index is 1.70. The van der Waals surface area contributed by atoms with Gasteiger partial charge < -0.3 is 10.1 Å². The summed E-state index contributed by atoms with van der Waals surface area (Å²) in [5.41, 5.74) is 1.34. The summed E-state index contributed by atoms with van der Waals surface area (Å²) >= 11 is 0. The van der Waals surface area contributed by atoms with Crippen LogP contribution in [-0.2, 0) is 6.54 Å². The van der Waals surface area contributed by atoms with Gasteiger partial charge >= 0.3 is 0 Å². The van der Waals surface area contributed by atoms with Gasteiger partial charge in [-0.05, 0) is 56.8 Å². The van der Waals surface area contributed by atoms with Gasteiger partial charge in [0.1, 0.15) is 5.75 Å². The lowest BCUT2D eigenvalue weighted by Crippen LogP contribution is -2.24. The van der Waals surface area contributed by atoms with Gasteiger partial charge in [-0.1, -0.05) is 31.4 Å². The maximum absolute atomic E-state index is 5.65. The van der Waals surface area contributed by atoms with E-state index in [0.717, 1.165) is 18.2 Å². The van der Waals surface area contributed by atoms with Crippen LogP contribution in [-0.4, -0.2) is 12.6 Å². The highest BCUT2D eigenvalue weighted by atomic mass is 16.5. The van der Waals surface area contributed by atoms with Crippen LogP contribution in [0.5, 0.6) is 5.75 Å². The zero-order chi connectivity index (χ0) is 13.5. The topological polar surface area (TPSA) is 21.3 Å². The van der Waals surface area contributed by atoms with Crippen molar-refractivity contribution in [3.63, 3.8) is 0 Å². The van der Waals surface area contributed by atoms with E-state index < -0.39 is 0 Å². The van der Waals surface area contributed by atoms with Gasteiger partial charge in [-0.2, -0.15) is 0 Å². The van der Waals surface area contributed by atoms with Crippen molar-refractivity contribution in [1.29, 1.82) is 0 Å². The molecule has 2 rings (SSSR count). The van der Waals surface area contributed by atoms with E-state index in [0.29, 0.717) is 0 Å². The fourth-order valence-electron chi connectivity index (χ4n) is 2.77. The zero-order valence-electron chi connectivity index (χ0n) is 12.3. The molecule has 19 heavy (non-hydrogen) atoms. The van der Waals surface area contributed by atoms with E-state index in [1.165, 1.54) is 44.2 Å². The third-order valence-electron chi connectivity index (χ3n) is 3.78. The second-order valence-electron chi connectivity index (χ2n) is 5.95. The quantitative estimate of drug-likeness (QED) is 0.831. The van der Waals surface area contributed by atoms with E-state index in [1.807, 2.05) is 0 Å². The molecule has 0 radical (unpaired) electrons. The number of hydrogen-bond acceptors (Lipinski definition) is 2. The van der Waals surface area contributed by atoms with Crippen LogP contribution in [0.15, 0.2) is 24.3 Å². The molecule has 1 aliphatic rings. The van der Waals surface area contributed by atoms with Crippen LogP contribution < -0.4 is 10.1 Å². The third-order valence-corrected chi connectivity index (χ3v) is 3.78.